The van der Waals surface area contributed by atoms with Crippen LogP contribution in [-0.4, -0.2) is 35.5 Å². The largest absolute Gasteiger partial charge is 0.490 e. The first-order valence-corrected chi connectivity index (χ1v) is 8.92. The highest BCUT2D eigenvalue weighted by Gasteiger charge is 2.11. The van der Waals surface area contributed by atoms with Crippen LogP contribution in [-0.2, 0) is 0 Å². The molecule has 0 fully saturated rings. The van der Waals surface area contributed by atoms with E-state index in [1.807, 2.05) is 26.0 Å². The molecule has 0 aliphatic heterocycles. The zero-order chi connectivity index (χ0) is 18.9. The minimum absolute atomic E-state index is 0.118. The highest BCUT2D eigenvalue weighted by atomic mass is 79.9. The van der Waals surface area contributed by atoms with Crippen LogP contribution < -0.4 is 14.9 Å². The first-order chi connectivity index (χ1) is 12.5. The summed E-state index contributed by atoms with van der Waals surface area (Å²) in [6.45, 7) is 5.07. The summed E-state index contributed by atoms with van der Waals surface area (Å²) in [5.74, 6) is 0.731. The lowest BCUT2D eigenvalue weighted by molar-refractivity contribution is 0.0696. The van der Waals surface area contributed by atoms with Crippen molar-refractivity contribution in [1.82, 2.24) is 4.98 Å². The molecule has 2 aromatic rings. The van der Waals surface area contributed by atoms with E-state index < -0.39 is 5.97 Å². The number of nitrogens with zero attached hydrogens (tertiary/aromatic N) is 2. The molecule has 0 atom stereocenters. The maximum absolute atomic E-state index is 10.8. The molecule has 0 amide bonds. The molecule has 26 heavy (non-hydrogen) atoms. The fourth-order valence-electron chi connectivity index (χ4n) is 2.03. The third-order valence-corrected chi connectivity index (χ3v) is 3.77. The van der Waals surface area contributed by atoms with Crippen molar-refractivity contribution in [2.45, 2.75) is 20.3 Å². The summed E-state index contributed by atoms with van der Waals surface area (Å²) in [7, 11) is 0. The minimum atomic E-state index is -1.02. The molecule has 2 rings (SSSR count). The second-order valence-corrected chi connectivity index (χ2v) is 6.07. The molecule has 0 bridgehead atoms. The molecule has 1 aromatic heterocycles. The maximum atomic E-state index is 10.8. The first kappa shape index (κ1) is 19.7. The second-order valence-electron chi connectivity index (χ2n) is 5.22. The predicted molar refractivity (Wildman–Crippen MR) is 104 cm³/mol. The fourth-order valence-corrected chi connectivity index (χ4v) is 2.60. The zero-order valence-corrected chi connectivity index (χ0v) is 16.1. The lowest BCUT2D eigenvalue weighted by atomic mass is 10.2. The summed E-state index contributed by atoms with van der Waals surface area (Å²) in [6.07, 6.45) is 3.78. The van der Waals surface area contributed by atoms with Gasteiger partial charge < -0.3 is 14.6 Å². The van der Waals surface area contributed by atoms with Gasteiger partial charge in [-0.05, 0) is 59.1 Å². The van der Waals surface area contributed by atoms with Crippen LogP contribution >= 0.6 is 15.9 Å². The molecule has 0 aliphatic rings. The van der Waals surface area contributed by atoms with Gasteiger partial charge in [0.25, 0.3) is 0 Å². The molecule has 0 radical (unpaired) electrons. The molecule has 0 saturated carbocycles. The minimum Gasteiger partial charge on any atom is -0.490 e. The Kier molecular flexibility index (Phi) is 7.40. The van der Waals surface area contributed by atoms with Crippen molar-refractivity contribution in [2.24, 2.45) is 5.10 Å². The van der Waals surface area contributed by atoms with Gasteiger partial charge in [-0.3, -0.25) is 5.43 Å². The summed E-state index contributed by atoms with van der Waals surface area (Å²) in [5.41, 5.74) is 3.68. The summed E-state index contributed by atoms with van der Waals surface area (Å²) >= 11 is 3.50. The van der Waals surface area contributed by atoms with E-state index in [0.717, 1.165) is 16.5 Å². The monoisotopic (exact) mass is 421 g/mol. The van der Waals surface area contributed by atoms with Crippen molar-refractivity contribution in [3.8, 4) is 11.5 Å². The third kappa shape index (κ3) is 5.45. The lowest BCUT2D eigenvalue weighted by Crippen LogP contribution is -2.02. The SMILES string of the molecule is CCCOc1c(Br)cc(/C=N/Nc2ccc(C(=O)O)cn2)cc1OCC. The van der Waals surface area contributed by atoms with Crippen LogP contribution in [0.5, 0.6) is 11.5 Å². The number of aromatic carboxylic acids is 1. The number of carboxylic acids is 1. The number of carboxylic acid groups (broad SMARTS) is 1. The number of halogens is 1. The van der Waals surface area contributed by atoms with Crippen molar-refractivity contribution in [3.05, 3.63) is 46.1 Å². The quantitative estimate of drug-likeness (QED) is 0.465. The summed E-state index contributed by atoms with van der Waals surface area (Å²) in [4.78, 5) is 14.8. The molecule has 0 spiro atoms. The Labute approximate surface area is 160 Å². The van der Waals surface area contributed by atoms with Gasteiger partial charge in [0.2, 0.25) is 0 Å². The molecule has 7 nitrogen and oxygen atoms in total. The molecular weight excluding hydrogens is 402 g/mol. The van der Waals surface area contributed by atoms with Gasteiger partial charge in [0.1, 0.15) is 5.82 Å². The summed E-state index contributed by atoms with van der Waals surface area (Å²) in [6, 6.07) is 6.71. The normalized spacial score (nSPS) is 10.7. The van der Waals surface area contributed by atoms with Gasteiger partial charge in [0, 0.05) is 6.20 Å². The first-order valence-electron chi connectivity index (χ1n) is 8.12. The number of anilines is 1. The Balaban J connectivity index is 2.12. The van der Waals surface area contributed by atoms with E-state index in [4.69, 9.17) is 14.6 Å². The van der Waals surface area contributed by atoms with Crippen LogP contribution in [0.4, 0.5) is 5.82 Å². The lowest BCUT2D eigenvalue weighted by Gasteiger charge is -2.14. The van der Waals surface area contributed by atoms with Gasteiger partial charge in [-0.25, -0.2) is 9.78 Å². The van der Waals surface area contributed by atoms with E-state index in [9.17, 15) is 4.79 Å². The highest BCUT2D eigenvalue weighted by molar-refractivity contribution is 9.10. The van der Waals surface area contributed by atoms with Gasteiger partial charge in [-0.1, -0.05) is 6.92 Å². The van der Waals surface area contributed by atoms with E-state index in [1.54, 1.807) is 12.3 Å². The van der Waals surface area contributed by atoms with Crippen molar-refractivity contribution in [2.75, 3.05) is 18.6 Å². The summed E-state index contributed by atoms with van der Waals surface area (Å²) < 4.78 is 12.2. The molecular formula is C18H20BrN3O4. The smallest absolute Gasteiger partial charge is 0.337 e. The third-order valence-electron chi connectivity index (χ3n) is 3.19. The Hall–Kier alpha value is -2.61. The Morgan fingerprint density at radius 1 is 1.35 bits per heavy atom. The maximum Gasteiger partial charge on any atom is 0.337 e. The van der Waals surface area contributed by atoms with Gasteiger partial charge in [-0.15, -0.1) is 0 Å². The van der Waals surface area contributed by atoms with Gasteiger partial charge in [-0.2, -0.15) is 5.10 Å². The van der Waals surface area contributed by atoms with E-state index >= 15 is 0 Å². The molecule has 1 aromatic carbocycles. The standard InChI is InChI=1S/C18H20BrN3O4/c1-3-7-26-17-14(19)8-12(9-15(17)25-4-2)10-21-22-16-6-5-13(11-20-16)18(23)24/h5-6,8-11H,3-4,7H2,1-2H3,(H,20,22)(H,23,24)/b21-10+. The topological polar surface area (TPSA) is 93.0 Å². The Morgan fingerprint density at radius 3 is 2.77 bits per heavy atom. The number of nitrogens with one attached hydrogen (secondary N) is 1. The number of hydrazone groups is 1. The van der Waals surface area contributed by atoms with Crippen molar-refractivity contribution >= 4 is 33.9 Å². The van der Waals surface area contributed by atoms with Crippen molar-refractivity contribution in [1.29, 1.82) is 0 Å². The number of benzene rings is 1. The average molecular weight is 422 g/mol. The van der Waals surface area contributed by atoms with Crippen LogP contribution in [0, 0.1) is 0 Å². The molecule has 138 valence electrons. The van der Waals surface area contributed by atoms with E-state index in [-0.39, 0.29) is 5.56 Å². The Morgan fingerprint density at radius 2 is 2.15 bits per heavy atom. The van der Waals surface area contributed by atoms with Crippen LogP contribution in [0.25, 0.3) is 0 Å². The Bertz CT molecular complexity index is 779. The number of hydrogen-bond acceptors (Lipinski definition) is 6. The van der Waals surface area contributed by atoms with E-state index in [0.29, 0.717) is 30.5 Å². The number of rotatable bonds is 9. The van der Waals surface area contributed by atoms with Crippen LogP contribution in [0.2, 0.25) is 0 Å². The molecule has 8 heteroatoms. The average Bonchev–Trinajstić information content (AvgIpc) is 2.62. The molecule has 1 heterocycles. The molecule has 2 N–H and O–H groups in total. The second kappa shape index (κ2) is 9.76. The number of hydrogen-bond donors (Lipinski definition) is 2. The van der Waals surface area contributed by atoms with E-state index in [1.165, 1.54) is 12.3 Å². The van der Waals surface area contributed by atoms with E-state index in [2.05, 4.69) is 31.4 Å². The van der Waals surface area contributed by atoms with Gasteiger partial charge >= 0.3 is 5.97 Å². The number of ether oxygens (including phenoxy) is 2. The van der Waals surface area contributed by atoms with Crippen molar-refractivity contribution < 1.29 is 19.4 Å². The molecule has 0 saturated heterocycles. The number of aromatic nitrogens is 1. The number of pyridine rings is 1. The zero-order valence-electron chi connectivity index (χ0n) is 14.5. The fraction of sp³-hybridized carbons (Fsp3) is 0.278. The summed E-state index contributed by atoms with van der Waals surface area (Å²) in [5, 5.41) is 13.0. The van der Waals surface area contributed by atoms with Crippen LogP contribution in [0.3, 0.4) is 0 Å². The predicted octanol–water partition coefficient (Wildman–Crippen LogP) is 4.18. The highest BCUT2D eigenvalue weighted by Crippen LogP contribution is 2.36. The van der Waals surface area contributed by atoms with Crippen LogP contribution in [0.1, 0.15) is 36.2 Å². The molecule has 0 unspecified atom stereocenters. The van der Waals surface area contributed by atoms with Gasteiger partial charge in [0.05, 0.1) is 29.5 Å². The van der Waals surface area contributed by atoms with Crippen LogP contribution in [0.15, 0.2) is 40.0 Å². The number of carbonyl (C=O) groups is 1. The molecule has 0 aliphatic carbocycles. The van der Waals surface area contributed by atoms with Gasteiger partial charge in [0.15, 0.2) is 11.5 Å². The van der Waals surface area contributed by atoms with Crippen molar-refractivity contribution in [3.63, 3.8) is 0 Å².